The maximum atomic E-state index is 12.6. The Bertz CT molecular complexity index is 613. The van der Waals surface area contributed by atoms with Crippen molar-refractivity contribution in [2.45, 2.75) is 20.3 Å². The third-order valence-corrected chi connectivity index (χ3v) is 3.09. The van der Waals surface area contributed by atoms with Gasteiger partial charge >= 0.3 is 0 Å². The second kappa shape index (κ2) is 6.83. The van der Waals surface area contributed by atoms with Crippen molar-refractivity contribution < 1.29 is 4.79 Å². The van der Waals surface area contributed by atoms with Crippen LogP contribution in [0, 0.1) is 6.92 Å². The second-order valence-electron chi connectivity index (χ2n) is 4.88. The lowest BCUT2D eigenvalue weighted by Gasteiger charge is -2.17. The maximum Gasteiger partial charge on any atom is 0.258 e. The molecule has 0 atom stereocenters. The minimum Gasteiger partial charge on any atom is -0.370 e. The number of hydrogen-bond acceptors (Lipinski definition) is 4. The van der Waals surface area contributed by atoms with E-state index >= 15 is 0 Å². The predicted octanol–water partition coefficient (Wildman–Crippen LogP) is 2.88. The Hall–Kier alpha value is -2.43. The quantitative estimate of drug-likeness (QED) is 0.917. The van der Waals surface area contributed by atoms with E-state index in [9.17, 15) is 4.79 Å². The molecule has 0 saturated carbocycles. The Balaban J connectivity index is 2.24. The molecule has 0 fully saturated rings. The van der Waals surface area contributed by atoms with Gasteiger partial charge in [-0.05, 0) is 37.6 Å². The van der Waals surface area contributed by atoms with Crippen LogP contribution in [0.15, 0.2) is 36.7 Å². The van der Waals surface area contributed by atoms with E-state index in [2.05, 4.69) is 22.2 Å². The van der Waals surface area contributed by atoms with Crippen molar-refractivity contribution in [1.82, 2.24) is 9.97 Å². The summed E-state index contributed by atoms with van der Waals surface area (Å²) in [6, 6.07) is 7.25. The monoisotopic (exact) mass is 284 g/mol. The first-order valence-electron chi connectivity index (χ1n) is 7.02. The van der Waals surface area contributed by atoms with Gasteiger partial charge in [-0.2, -0.15) is 0 Å². The highest BCUT2D eigenvalue weighted by Crippen LogP contribution is 2.16. The predicted molar refractivity (Wildman–Crippen MR) is 84.7 cm³/mol. The average Bonchev–Trinajstić information content (AvgIpc) is 2.51. The smallest absolute Gasteiger partial charge is 0.258 e. The van der Waals surface area contributed by atoms with Crippen LogP contribution in [0.25, 0.3) is 0 Å². The number of aromatic nitrogens is 2. The first-order chi connectivity index (χ1) is 10.1. The van der Waals surface area contributed by atoms with Gasteiger partial charge in [-0.15, -0.1) is 0 Å². The van der Waals surface area contributed by atoms with E-state index in [1.807, 2.05) is 19.1 Å². The molecule has 2 aromatic heterocycles. The largest absolute Gasteiger partial charge is 0.370 e. The Morgan fingerprint density at radius 3 is 2.86 bits per heavy atom. The number of pyridine rings is 2. The highest BCUT2D eigenvalue weighted by atomic mass is 16.2. The number of rotatable bonds is 5. The average molecular weight is 284 g/mol. The van der Waals surface area contributed by atoms with E-state index in [-0.39, 0.29) is 5.91 Å². The highest BCUT2D eigenvalue weighted by molar-refractivity contribution is 6.06. The zero-order valence-corrected chi connectivity index (χ0v) is 12.6. The molecule has 0 unspecified atom stereocenters. The fourth-order valence-corrected chi connectivity index (χ4v) is 2.00. The van der Waals surface area contributed by atoms with Gasteiger partial charge in [-0.1, -0.05) is 6.92 Å². The van der Waals surface area contributed by atoms with Crippen LogP contribution in [0.5, 0.6) is 0 Å². The summed E-state index contributed by atoms with van der Waals surface area (Å²) in [5.41, 5.74) is 2.20. The lowest BCUT2D eigenvalue weighted by Crippen LogP contribution is -2.26. The van der Waals surface area contributed by atoms with Gasteiger partial charge in [-0.25, -0.2) is 4.98 Å². The normalized spacial score (nSPS) is 10.2. The minimum absolute atomic E-state index is 0.0759. The molecule has 0 bridgehead atoms. The van der Waals surface area contributed by atoms with Gasteiger partial charge in [0.2, 0.25) is 0 Å². The first-order valence-corrected chi connectivity index (χ1v) is 7.02. The molecule has 2 aromatic rings. The zero-order valence-electron chi connectivity index (χ0n) is 12.6. The van der Waals surface area contributed by atoms with E-state index in [1.54, 1.807) is 36.5 Å². The fraction of sp³-hybridized carbons (Fsp3) is 0.312. The van der Waals surface area contributed by atoms with Crippen LogP contribution in [0.1, 0.15) is 29.4 Å². The van der Waals surface area contributed by atoms with Crippen LogP contribution in [0.2, 0.25) is 0 Å². The molecule has 0 aliphatic rings. The molecule has 0 spiro atoms. The van der Waals surface area contributed by atoms with Gasteiger partial charge < -0.3 is 10.2 Å². The summed E-state index contributed by atoms with van der Waals surface area (Å²) in [6.07, 6.45) is 4.36. The van der Waals surface area contributed by atoms with Crippen LogP contribution in [0.4, 0.5) is 11.5 Å². The van der Waals surface area contributed by atoms with E-state index in [4.69, 9.17) is 0 Å². The Labute approximate surface area is 125 Å². The summed E-state index contributed by atoms with van der Waals surface area (Å²) in [6.45, 7) is 4.81. The Morgan fingerprint density at radius 2 is 2.19 bits per heavy atom. The number of amides is 1. The van der Waals surface area contributed by atoms with Crippen molar-refractivity contribution in [3.05, 3.63) is 47.9 Å². The van der Waals surface area contributed by atoms with Gasteiger partial charge in [0.25, 0.3) is 5.91 Å². The molecular weight excluding hydrogens is 264 g/mol. The van der Waals surface area contributed by atoms with Crippen molar-refractivity contribution in [1.29, 1.82) is 0 Å². The van der Waals surface area contributed by atoms with Gasteiger partial charge in [0.05, 0.1) is 11.9 Å². The van der Waals surface area contributed by atoms with Gasteiger partial charge in [0.1, 0.15) is 5.82 Å². The topological polar surface area (TPSA) is 58.1 Å². The number of carbonyl (C=O) groups excluding carboxylic acids is 1. The van der Waals surface area contributed by atoms with Crippen molar-refractivity contribution >= 4 is 17.4 Å². The molecule has 0 saturated heterocycles. The summed E-state index contributed by atoms with van der Waals surface area (Å²) in [4.78, 5) is 22.6. The van der Waals surface area contributed by atoms with E-state index in [1.165, 1.54) is 0 Å². The molecule has 21 heavy (non-hydrogen) atoms. The van der Waals surface area contributed by atoms with Crippen molar-refractivity contribution in [3.63, 3.8) is 0 Å². The molecule has 5 nitrogen and oxygen atoms in total. The summed E-state index contributed by atoms with van der Waals surface area (Å²) in [7, 11) is 1.74. The minimum atomic E-state index is -0.0759. The number of carbonyl (C=O) groups is 1. The van der Waals surface area contributed by atoms with Gasteiger partial charge in [0, 0.05) is 31.0 Å². The standard InChI is InChI=1S/C16H20N4O/c1-4-7-18-15-10-13(9-12(2)19-15)16(21)20(3)14-6-5-8-17-11-14/h5-6,8-11H,4,7H2,1-3H3,(H,18,19). The molecule has 1 amide bonds. The Kier molecular flexibility index (Phi) is 4.87. The summed E-state index contributed by atoms with van der Waals surface area (Å²) in [5, 5.41) is 3.21. The van der Waals surface area contributed by atoms with Gasteiger partial charge in [0.15, 0.2) is 0 Å². The SMILES string of the molecule is CCCNc1cc(C(=O)N(C)c2cccnc2)cc(C)n1. The molecule has 5 heteroatoms. The summed E-state index contributed by atoms with van der Waals surface area (Å²) >= 11 is 0. The molecule has 0 aliphatic heterocycles. The van der Waals surface area contributed by atoms with Crippen LogP contribution in [-0.4, -0.2) is 29.5 Å². The third kappa shape index (κ3) is 3.78. The molecule has 0 aliphatic carbocycles. The number of nitrogens with one attached hydrogen (secondary N) is 1. The second-order valence-corrected chi connectivity index (χ2v) is 4.88. The maximum absolute atomic E-state index is 12.6. The van der Waals surface area contributed by atoms with Crippen LogP contribution in [-0.2, 0) is 0 Å². The summed E-state index contributed by atoms with van der Waals surface area (Å²) < 4.78 is 0. The molecule has 2 rings (SSSR count). The van der Waals surface area contributed by atoms with Crippen LogP contribution < -0.4 is 10.2 Å². The summed E-state index contributed by atoms with van der Waals surface area (Å²) in [5.74, 6) is 0.660. The number of anilines is 2. The Morgan fingerprint density at radius 1 is 1.38 bits per heavy atom. The molecule has 0 radical (unpaired) electrons. The molecule has 2 heterocycles. The number of nitrogens with zero attached hydrogens (tertiary/aromatic N) is 3. The first kappa shape index (κ1) is 15.0. The molecular formula is C16H20N4O. The van der Waals surface area contributed by atoms with Crippen LogP contribution in [0.3, 0.4) is 0 Å². The molecule has 110 valence electrons. The van der Waals surface area contributed by atoms with E-state index in [0.717, 1.165) is 30.2 Å². The fourth-order valence-electron chi connectivity index (χ4n) is 2.00. The third-order valence-electron chi connectivity index (χ3n) is 3.09. The van der Waals surface area contributed by atoms with Crippen molar-refractivity contribution in [2.24, 2.45) is 0 Å². The van der Waals surface area contributed by atoms with Gasteiger partial charge in [-0.3, -0.25) is 9.78 Å². The van der Waals surface area contributed by atoms with Crippen LogP contribution >= 0.6 is 0 Å². The molecule has 1 N–H and O–H groups in total. The zero-order chi connectivity index (χ0) is 15.2. The lowest BCUT2D eigenvalue weighted by atomic mass is 10.2. The number of aryl methyl sites for hydroxylation is 1. The van der Waals surface area contributed by atoms with E-state index < -0.39 is 0 Å². The van der Waals surface area contributed by atoms with Crippen molar-refractivity contribution in [2.75, 3.05) is 23.8 Å². The lowest BCUT2D eigenvalue weighted by molar-refractivity contribution is 0.0993. The van der Waals surface area contributed by atoms with E-state index in [0.29, 0.717) is 5.56 Å². The van der Waals surface area contributed by atoms with Crippen molar-refractivity contribution in [3.8, 4) is 0 Å². The molecule has 0 aromatic carbocycles. The number of hydrogen-bond donors (Lipinski definition) is 1. The highest BCUT2D eigenvalue weighted by Gasteiger charge is 2.15.